The summed E-state index contributed by atoms with van der Waals surface area (Å²) in [6.07, 6.45) is 0. The molecule has 1 N–H and O–H groups in total. The maximum atomic E-state index is 9.29. The van der Waals surface area contributed by atoms with Crippen molar-refractivity contribution < 1.29 is 9.29 Å². The highest BCUT2D eigenvalue weighted by molar-refractivity contribution is 8.08. The summed E-state index contributed by atoms with van der Waals surface area (Å²) in [5.41, 5.74) is 2.92. The molecule has 2 aromatic carbocycles. The molecule has 0 bridgehead atoms. The Hall–Kier alpha value is -1.78. The van der Waals surface area contributed by atoms with Gasteiger partial charge in [0, 0.05) is 0 Å². The highest BCUT2D eigenvalue weighted by Gasteiger charge is 2.06. The molecule has 98 valence electrons. The molecular formula is C15H15NO2S. The van der Waals surface area contributed by atoms with Crippen LogP contribution in [0.4, 0.5) is 5.69 Å². The monoisotopic (exact) mass is 273 g/mol. The molecule has 4 heteroatoms. The van der Waals surface area contributed by atoms with E-state index < -0.39 is 0 Å². The molecule has 0 heterocycles. The van der Waals surface area contributed by atoms with Crippen LogP contribution in [-0.2, 0) is 0 Å². The van der Waals surface area contributed by atoms with Gasteiger partial charge in [-0.25, -0.2) is 4.99 Å². The Morgan fingerprint density at radius 2 is 1.63 bits per heavy atom. The fourth-order valence-electron chi connectivity index (χ4n) is 1.72. The number of hydrogen-bond acceptors (Lipinski definition) is 4. The highest BCUT2D eigenvalue weighted by atomic mass is 32.2. The van der Waals surface area contributed by atoms with E-state index in [0.717, 1.165) is 16.8 Å². The van der Waals surface area contributed by atoms with Crippen molar-refractivity contribution in [1.82, 2.24) is 0 Å². The summed E-state index contributed by atoms with van der Waals surface area (Å²) in [5.74, 6) is 0.647. The van der Waals surface area contributed by atoms with Gasteiger partial charge in [0.05, 0.1) is 17.7 Å². The van der Waals surface area contributed by atoms with Crippen molar-refractivity contribution in [2.45, 2.75) is 13.8 Å². The second kappa shape index (κ2) is 6.41. The van der Waals surface area contributed by atoms with Crippen LogP contribution in [0.5, 0.6) is 5.75 Å². The van der Waals surface area contributed by atoms with Crippen molar-refractivity contribution in [3.8, 4) is 5.75 Å². The minimum Gasteiger partial charge on any atom is -0.432 e. The van der Waals surface area contributed by atoms with Gasteiger partial charge in [0.2, 0.25) is 0 Å². The molecule has 0 spiro atoms. The van der Waals surface area contributed by atoms with Gasteiger partial charge in [-0.05, 0) is 37.1 Å². The highest BCUT2D eigenvalue weighted by Crippen LogP contribution is 2.25. The van der Waals surface area contributed by atoms with E-state index in [1.165, 1.54) is 0 Å². The zero-order valence-corrected chi connectivity index (χ0v) is 11.6. The quantitative estimate of drug-likeness (QED) is 0.495. The Labute approximate surface area is 117 Å². The number of para-hydroxylation sites is 2. The number of ether oxygens (including phenoxy) is 1. The Morgan fingerprint density at radius 3 is 2.21 bits per heavy atom. The van der Waals surface area contributed by atoms with Crippen LogP contribution in [0.3, 0.4) is 0 Å². The van der Waals surface area contributed by atoms with Crippen LogP contribution in [0.1, 0.15) is 11.1 Å². The molecule has 0 unspecified atom stereocenters. The van der Waals surface area contributed by atoms with Crippen LogP contribution in [0.25, 0.3) is 0 Å². The minimum absolute atomic E-state index is 0.212. The molecule has 0 radical (unpaired) electrons. The number of aliphatic imine (C=N–C) groups is 1. The molecule has 0 aliphatic heterocycles. The second-order valence-corrected chi connectivity index (χ2v) is 4.66. The van der Waals surface area contributed by atoms with Crippen LogP contribution >= 0.6 is 12.0 Å². The third-order valence-electron chi connectivity index (χ3n) is 2.67. The summed E-state index contributed by atoms with van der Waals surface area (Å²) < 4.78 is 14.8. The molecule has 2 rings (SSSR count). The third-order valence-corrected chi connectivity index (χ3v) is 3.00. The number of benzene rings is 2. The van der Waals surface area contributed by atoms with Crippen LogP contribution in [-0.4, -0.2) is 9.78 Å². The van der Waals surface area contributed by atoms with Crippen molar-refractivity contribution in [3.05, 3.63) is 59.7 Å². The Balaban J connectivity index is 2.29. The number of hydrogen-bond donors (Lipinski definition) is 1. The van der Waals surface area contributed by atoms with Gasteiger partial charge in [-0.1, -0.05) is 36.4 Å². The van der Waals surface area contributed by atoms with Crippen molar-refractivity contribution >= 4 is 23.0 Å². The smallest absolute Gasteiger partial charge is 0.284 e. The van der Waals surface area contributed by atoms with E-state index >= 15 is 0 Å². The van der Waals surface area contributed by atoms with Crippen molar-refractivity contribution in [3.63, 3.8) is 0 Å². The van der Waals surface area contributed by atoms with E-state index in [-0.39, 0.29) is 5.23 Å². The topological polar surface area (TPSA) is 41.8 Å². The van der Waals surface area contributed by atoms with Gasteiger partial charge in [0.15, 0.2) is 0 Å². The Morgan fingerprint density at radius 1 is 1.00 bits per heavy atom. The first-order valence-electron chi connectivity index (χ1n) is 5.90. The van der Waals surface area contributed by atoms with E-state index in [1.54, 1.807) is 0 Å². The van der Waals surface area contributed by atoms with Crippen molar-refractivity contribution in [1.29, 1.82) is 0 Å². The summed E-state index contributed by atoms with van der Waals surface area (Å²) in [7, 11) is 0. The number of nitrogens with zero attached hydrogens (tertiary/aromatic N) is 1. The normalized spacial score (nSPS) is 11.4. The molecule has 0 atom stereocenters. The maximum Gasteiger partial charge on any atom is 0.284 e. The standard InChI is InChI=1S/C15H15NO2S/c1-11-7-6-8-12(2)14(11)16-15(19-17)18-13-9-4-3-5-10-13/h3-10,17H,1-2H3. The summed E-state index contributed by atoms with van der Waals surface area (Å²) in [6, 6.07) is 15.2. The van der Waals surface area contributed by atoms with Crippen LogP contribution in [0.15, 0.2) is 53.5 Å². The molecule has 0 aliphatic rings. The first-order valence-corrected chi connectivity index (χ1v) is 6.67. The fraction of sp³-hybridized carbons (Fsp3) is 0.133. The zero-order valence-electron chi connectivity index (χ0n) is 10.8. The molecule has 0 saturated carbocycles. The summed E-state index contributed by atoms with van der Waals surface area (Å²) in [5, 5.41) is 0.212. The van der Waals surface area contributed by atoms with E-state index in [4.69, 9.17) is 4.74 Å². The molecule has 0 fully saturated rings. The molecule has 19 heavy (non-hydrogen) atoms. The molecular weight excluding hydrogens is 258 g/mol. The summed E-state index contributed by atoms with van der Waals surface area (Å²) in [6.45, 7) is 3.96. The molecule has 2 aromatic rings. The maximum absolute atomic E-state index is 9.29. The lowest BCUT2D eigenvalue weighted by molar-refractivity contribution is 0.558. The fourth-order valence-corrected chi connectivity index (χ4v) is 1.99. The Bertz CT molecular complexity index is 562. The van der Waals surface area contributed by atoms with Gasteiger partial charge in [-0.2, -0.15) is 0 Å². The first kappa shape index (κ1) is 13.6. The van der Waals surface area contributed by atoms with Gasteiger partial charge in [0.1, 0.15) is 5.75 Å². The van der Waals surface area contributed by atoms with Gasteiger partial charge >= 0.3 is 0 Å². The van der Waals surface area contributed by atoms with E-state index in [0.29, 0.717) is 17.8 Å². The van der Waals surface area contributed by atoms with Gasteiger partial charge in [-0.15, -0.1) is 0 Å². The van der Waals surface area contributed by atoms with Crippen LogP contribution < -0.4 is 4.74 Å². The van der Waals surface area contributed by atoms with Gasteiger partial charge < -0.3 is 9.29 Å². The predicted molar refractivity (Wildman–Crippen MR) is 80.3 cm³/mol. The molecule has 0 aromatic heterocycles. The lowest BCUT2D eigenvalue weighted by Crippen LogP contribution is -2.03. The van der Waals surface area contributed by atoms with Gasteiger partial charge in [-0.3, -0.25) is 0 Å². The van der Waals surface area contributed by atoms with E-state index in [9.17, 15) is 4.55 Å². The molecule has 3 nitrogen and oxygen atoms in total. The summed E-state index contributed by atoms with van der Waals surface area (Å²) in [4.78, 5) is 4.38. The third kappa shape index (κ3) is 3.59. The average molecular weight is 273 g/mol. The van der Waals surface area contributed by atoms with Crippen LogP contribution in [0, 0.1) is 13.8 Å². The Kier molecular flexibility index (Phi) is 4.60. The zero-order chi connectivity index (χ0) is 13.7. The van der Waals surface area contributed by atoms with Crippen LogP contribution in [0.2, 0.25) is 0 Å². The minimum atomic E-state index is 0.212. The average Bonchev–Trinajstić information content (AvgIpc) is 2.43. The van der Waals surface area contributed by atoms with Crippen molar-refractivity contribution in [2.24, 2.45) is 4.99 Å². The number of aryl methyl sites for hydroxylation is 2. The molecule has 0 saturated heterocycles. The lowest BCUT2D eigenvalue weighted by Gasteiger charge is -2.08. The number of rotatable bonds is 2. The van der Waals surface area contributed by atoms with Gasteiger partial charge in [0.25, 0.3) is 5.23 Å². The second-order valence-electron chi connectivity index (χ2n) is 4.12. The predicted octanol–water partition coefficient (Wildman–Crippen LogP) is 4.58. The molecule has 0 amide bonds. The van der Waals surface area contributed by atoms with E-state index in [1.807, 2.05) is 62.4 Å². The first-order chi connectivity index (χ1) is 9.20. The SMILES string of the molecule is Cc1cccc(C)c1N=C(Oc1ccccc1)SO. The summed E-state index contributed by atoms with van der Waals surface area (Å²) >= 11 is 0.505. The van der Waals surface area contributed by atoms with Crippen molar-refractivity contribution in [2.75, 3.05) is 0 Å². The van der Waals surface area contributed by atoms with E-state index in [2.05, 4.69) is 4.99 Å². The lowest BCUT2D eigenvalue weighted by atomic mass is 10.1. The largest absolute Gasteiger partial charge is 0.432 e. The molecule has 0 aliphatic carbocycles.